The van der Waals surface area contributed by atoms with Gasteiger partial charge in [0.2, 0.25) is 0 Å². The van der Waals surface area contributed by atoms with Crippen LogP contribution in [0, 0.1) is 5.82 Å². The fourth-order valence-electron chi connectivity index (χ4n) is 2.74. The highest BCUT2D eigenvalue weighted by atomic mass is 19.1. The van der Waals surface area contributed by atoms with Crippen molar-refractivity contribution in [2.24, 2.45) is 0 Å². The quantitative estimate of drug-likeness (QED) is 0.710. The van der Waals surface area contributed by atoms with Gasteiger partial charge < -0.3 is 15.0 Å². The maximum atomic E-state index is 13.8. The Kier molecular flexibility index (Phi) is 6.86. The lowest BCUT2D eigenvalue weighted by atomic mass is 10.1. The molecule has 138 valence electrons. The Hall–Kier alpha value is -2.73. The molecule has 5 nitrogen and oxygen atoms in total. The van der Waals surface area contributed by atoms with Crippen molar-refractivity contribution in [2.45, 2.75) is 20.4 Å². The van der Waals surface area contributed by atoms with Crippen molar-refractivity contribution in [3.05, 3.63) is 59.4 Å². The fraction of sp³-hybridized carbons (Fsp3) is 0.300. The zero-order chi connectivity index (χ0) is 19.1. The molecule has 2 rings (SSSR count). The standard InChI is InChI=1S/C20H23FN2O3/c1-4-23(12-15-9-10-19(26-3)17(21)11-15)13-20(25)22-18-8-6-5-7-16(18)14(2)24/h5-11H,4,12-13H2,1-3H3,(H,22,25)/p+1. The van der Waals surface area contributed by atoms with Crippen molar-refractivity contribution in [1.82, 2.24) is 0 Å². The summed E-state index contributed by atoms with van der Waals surface area (Å²) in [6.07, 6.45) is 0. The third kappa shape index (κ3) is 5.13. The molecule has 6 heteroatoms. The first kappa shape index (κ1) is 19.6. The molecule has 2 aromatic rings. The Balaban J connectivity index is 2.02. The molecule has 0 heterocycles. The van der Waals surface area contributed by atoms with Crippen molar-refractivity contribution < 1.29 is 23.6 Å². The summed E-state index contributed by atoms with van der Waals surface area (Å²) in [6, 6.07) is 11.7. The molecule has 1 amide bonds. The van der Waals surface area contributed by atoms with Crippen LogP contribution in [0.25, 0.3) is 0 Å². The number of benzene rings is 2. The van der Waals surface area contributed by atoms with Gasteiger partial charge in [-0.1, -0.05) is 12.1 Å². The number of rotatable bonds is 8. The summed E-state index contributed by atoms with van der Waals surface area (Å²) in [7, 11) is 1.42. The van der Waals surface area contributed by atoms with E-state index in [1.807, 2.05) is 6.92 Å². The van der Waals surface area contributed by atoms with Crippen molar-refractivity contribution in [1.29, 1.82) is 0 Å². The third-order valence-corrected chi connectivity index (χ3v) is 4.16. The molecule has 0 aliphatic carbocycles. The van der Waals surface area contributed by atoms with E-state index in [1.165, 1.54) is 20.1 Å². The van der Waals surface area contributed by atoms with Crippen LogP contribution in [-0.4, -0.2) is 31.9 Å². The summed E-state index contributed by atoms with van der Waals surface area (Å²) in [4.78, 5) is 25.0. The highest BCUT2D eigenvalue weighted by Crippen LogP contribution is 2.17. The number of nitrogens with one attached hydrogen (secondary N) is 2. The number of Topliss-reactive ketones (excluding diaryl/α,β-unsaturated/α-hetero) is 1. The molecule has 26 heavy (non-hydrogen) atoms. The summed E-state index contributed by atoms with van der Waals surface area (Å²) < 4.78 is 18.7. The lowest BCUT2D eigenvalue weighted by Crippen LogP contribution is -3.11. The number of methoxy groups -OCH3 is 1. The van der Waals surface area contributed by atoms with Crippen molar-refractivity contribution in [2.75, 3.05) is 25.5 Å². The minimum atomic E-state index is -0.416. The van der Waals surface area contributed by atoms with Crippen LogP contribution in [0.3, 0.4) is 0 Å². The first-order valence-electron chi connectivity index (χ1n) is 8.50. The molecule has 0 aromatic heterocycles. The Labute approximate surface area is 152 Å². The van der Waals surface area contributed by atoms with Crippen LogP contribution in [0.4, 0.5) is 10.1 Å². The van der Waals surface area contributed by atoms with Crippen molar-refractivity contribution in [3.63, 3.8) is 0 Å². The molecule has 0 aliphatic heterocycles. The maximum absolute atomic E-state index is 13.8. The normalized spacial score (nSPS) is 11.7. The number of quaternary nitrogens is 1. The van der Waals surface area contributed by atoms with Gasteiger partial charge in [0.25, 0.3) is 5.91 Å². The predicted octanol–water partition coefficient (Wildman–Crippen LogP) is 2.08. The van der Waals surface area contributed by atoms with E-state index >= 15 is 0 Å². The van der Waals surface area contributed by atoms with Crippen LogP contribution in [0.15, 0.2) is 42.5 Å². The van der Waals surface area contributed by atoms with E-state index in [2.05, 4.69) is 5.32 Å². The molecule has 1 unspecified atom stereocenters. The number of carbonyl (C=O) groups excluding carboxylic acids is 2. The van der Waals surface area contributed by atoms with E-state index in [4.69, 9.17) is 4.74 Å². The second kappa shape index (κ2) is 9.10. The minimum Gasteiger partial charge on any atom is -0.494 e. The van der Waals surface area contributed by atoms with Gasteiger partial charge >= 0.3 is 0 Å². The number of amides is 1. The van der Waals surface area contributed by atoms with E-state index in [0.29, 0.717) is 24.3 Å². The molecule has 2 N–H and O–H groups in total. The molecule has 0 radical (unpaired) electrons. The molecule has 0 aliphatic rings. The second-order valence-corrected chi connectivity index (χ2v) is 6.08. The van der Waals surface area contributed by atoms with Gasteiger partial charge in [0, 0.05) is 11.1 Å². The summed E-state index contributed by atoms with van der Waals surface area (Å²) in [5, 5.41) is 2.80. The van der Waals surface area contributed by atoms with Crippen LogP contribution in [0.5, 0.6) is 5.75 Å². The van der Waals surface area contributed by atoms with Gasteiger partial charge in [-0.15, -0.1) is 0 Å². The Bertz CT molecular complexity index is 792. The molecule has 0 saturated carbocycles. The van der Waals surface area contributed by atoms with Gasteiger partial charge in [-0.25, -0.2) is 4.39 Å². The van der Waals surface area contributed by atoms with Gasteiger partial charge in [0.15, 0.2) is 23.9 Å². The van der Waals surface area contributed by atoms with Crippen LogP contribution in [0.1, 0.15) is 29.8 Å². The Morgan fingerprint density at radius 1 is 1.19 bits per heavy atom. The van der Waals surface area contributed by atoms with Crippen LogP contribution >= 0.6 is 0 Å². The summed E-state index contributed by atoms with van der Waals surface area (Å²) in [5.41, 5.74) is 1.78. The average molecular weight is 359 g/mol. The van der Waals surface area contributed by atoms with Crippen molar-refractivity contribution in [3.8, 4) is 5.75 Å². The smallest absolute Gasteiger partial charge is 0.279 e. The fourth-order valence-corrected chi connectivity index (χ4v) is 2.74. The molecule has 0 fully saturated rings. The number of hydrogen-bond donors (Lipinski definition) is 2. The van der Waals surface area contributed by atoms with E-state index in [9.17, 15) is 14.0 Å². The predicted molar refractivity (Wildman–Crippen MR) is 98.1 cm³/mol. The molecular weight excluding hydrogens is 335 g/mol. The van der Waals surface area contributed by atoms with Gasteiger partial charge in [0.05, 0.1) is 19.3 Å². The lowest BCUT2D eigenvalue weighted by Gasteiger charge is -2.18. The summed E-state index contributed by atoms with van der Waals surface area (Å²) in [5.74, 6) is -0.510. The minimum absolute atomic E-state index is 0.102. The Morgan fingerprint density at radius 3 is 2.54 bits per heavy atom. The topological polar surface area (TPSA) is 59.8 Å². The van der Waals surface area contributed by atoms with Crippen molar-refractivity contribution >= 4 is 17.4 Å². The largest absolute Gasteiger partial charge is 0.494 e. The number of carbonyl (C=O) groups is 2. The third-order valence-electron chi connectivity index (χ3n) is 4.16. The molecule has 0 spiro atoms. The van der Waals surface area contributed by atoms with E-state index in [0.717, 1.165) is 10.5 Å². The lowest BCUT2D eigenvalue weighted by molar-refractivity contribution is -0.903. The molecular formula is C20H24FN2O3+. The Morgan fingerprint density at radius 2 is 1.92 bits per heavy atom. The van der Waals surface area contributed by atoms with E-state index < -0.39 is 5.82 Å². The average Bonchev–Trinajstić information content (AvgIpc) is 2.61. The number of likely N-dealkylation sites (N-methyl/N-ethyl adjacent to an activating group) is 1. The second-order valence-electron chi connectivity index (χ2n) is 6.08. The van der Waals surface area contributed by atoms with Gasteiger partial charge in [0.1, 0.15) is 6.54 Å². The molecule has 1 atom stereocenters. The number of hydrogen-bond acceptors (Lipinski definition) is 3. The van der Waals surface area contributed by atoms with E-state index in [1.54, 1.807) is 36.4 Å². The first-order valence-corrected chi connectivity index (χ1v) is 8.50. The van der Waals surface area contributed by atoms with Gasteiger partial charge in [-0.2, -0.15) is 0 Å². The number of para-hydroxylation sites is 1. The molecule has 0 saturated heterocycles. The monoisotopic (exact) mass is 359 g/mol. The van der Waals surface area contributed by atoms with Crippen LogP contribution in [0.2, 0.25) is 0 Å². The summed E-state index contributed by atoms with van der Waals surface area (Å²) in [6.45, 7) is 4.86. The zero-order valence-corrected chi connectivity index (χ0v) is 15.3. The van der Waals surface area contributed by atoms with Crippen LogP contribution < -0.4 is 15.0 Å². The van der Waals surface area contributed by atoms with E-state index in [-0.39, 0.29) is 24.0 Å². The molecule has 0 bridgehead atoms. The first-order chi connectivity index (χ1) is 12.4. The van der Waals surface area contributed by atoms with Gasteiger partial charge in [-0.3, -0.25) is 9.59 Å². The highest BCUT2D eigenvalue weighted by Gasteiger charge is 2.16. The highest BCUT2D eigenvalue weighted by molar-refractivity contribution is 6.03. The summed E-state index contributed by atoms with van der Waals surface area (Å²) >= 11 is 0. The number of ketones is 1. The van der Waals surface area contributed by atoms with Crippen LogP contribution in [-0.2, 0) is 11.3 Å². The SMILES string of the molecule is CC[NH+](CC(=O)Nc1ccccc1C(C)=O)Cc1ccc(OC)c(F)c1. The van der Waals surface area contributed by atoms with Gasteiger partial charge in [-0.05, 0) is 44.2 Å². The zero-order valence-electron chi connectivity index (χ0n) is 15.3. The number of halogens is 1. The number of ether oxygens (including phenoxy) is 1. The molecule has 2 aromatic carbocycles. The number of anilines is 1. The maximum Gasteiger partial charge on any atom is 0.279 e.